The maximum Gasteiger partial charge on any atom is 0.433 e. The molecule has 1 fully saturated rings. The van der Waals surface area contributed by atoms with E-state index in [0.29, 0.717) is 27.9 Å². The summed E-state index contributed by atoms with van der Waals surface area (Å²) in [5.41, 5.74) is 1.23. The predicted octanol–water partition coefficient (Wildman–Crippen LogP) is 5.48. The average Bonchev–Trinajstić information content (AvgIpc) is 2.84. The van der Waals surface area contributed by atoms with Crippen molar-refractivity contribution in [3.63, 3.8) is 0 Å². The molecule has 2 aromatic carbocycles. The number of nitrogens with one attached hydrogen (secondary N) is 2. The first kappa shape index (κ1) is 24.6. The van der Waals surface area contributed by atoms with E-state index in [-0.39, 0.29) is 18.0 Å². The fourth-order valence-electron chi connectivity index (χ4n) is 4.45. The fourth-order valence-corrected chi connectivity index (χ4v) is 4.45. The lowest BCUT2D eigenvalue weighted by molar-refractivity contribution is -0.140. The van der Waals surface area contributed by atoms with E-state index in [0.717, 1.165) is 37.4 Å². The van der Waals surface area contributed by atoms with Gasteiger partial charge in [-0.3, -0.25) is 4.79 Å². The van der Waals surface area contributed by atoms with Crippen LogP contribution in [-0.4, -0.2) is 44.2 Å². The lowest BCUT2D eigenvalue weighted by atomic mass is 9.90. The number of para-hydroxylation sites is 1. The van der Waals surface area contributed by atoms with Crippen molar-refractivity contribution >= 4 is 28.2 Å². The molecule has 1 heterocycles. The third kappa shape index (κ3) is 5.61. The number of amides is 1. The molecule has 0 atom stereocenters. The number of halogens is 3. The predicted molar refractivity (Wildman–Crippen MR) is 131 cm³/mol. The van der Waals surface area contributed by atoms with Crippen LogP contribution in [0.4, 0.5) is 24.5 Å². The molecule has 1 aliphatic carbocycles. The van der Waals surface area contributed by atoms with Gasteiger partial charge in [-0.15, -0.1) is 0 Å². The number of pyridine rings is 1. The van der Waals surface area contributed by atoms with Gasteiger partial charge in [0.25, 0.3) is 5.91 Å². The Morgan fingerprint density at radius 1 is 1.03 bits per heavy atom. The summed E-state index contributed by atoms with van der Waals surface area (Å²) in [6.07, 6.45) is -1.64. The number of nitrogens with zero attached hydrogens (tertiary/aromatic N) is 2. The van der Waals surface area contributed by atoms with Gasteiger partial charge in [-0.05, 0) is 49.9 Å². The molecule has 0 radical (unpaired) electrons. The number of ether oxygens (including phenoxy) is 1. The number of methoxy groups -OCH3 is 1. The lowest BCUT2D eigenvalue weighted by Crippen LogP contribution is -2.40. The van der Waals surface area contributed by atoms with E-state index in [1.165, 1.54) is 7.11 Å². The van der Waals surface area contributed by atoms with Crippen LogP contribution < -0.4 is 20.3 Å². The van der Waals surface area contributed by atoms with Crippen LogP contribution in [0.3, 0.4) is 0 Å². The molecule has 1 aliphatic rings. The van der Waals surface area contributed by atoms with Gasteiger partial charge in [-0.25, -0.2) is 4.98 Å². The highest BCUT2D eigenvalue weighted by atomic mass is 19.4. The van der Waals surface area contributed by atoms with Crippen LogP contribution in [0.2, 0.25) is 0 Å². The molecule has 186 valence electrons. The summed E-state index contributed by atoms with van der Waals surface area (Å²) in [4.78, 5) is 18.6. The zero-order valence-electron chi connectivity index (χ0n) is 19.9. The molecule has 35 heavy (non-hydrogen) atoms. The van der Waals surface area contributed by atoms with Gasteiger partial charge in [0.2, 0.25) is 0 Å². The van der Waals surface area contributed by atoms with Crippen molar-refractivity contribution in [3.05, 3.63) is 59.8 Å². The van der Waals surface area contributed by atoms with E-state index < -0.39 is 11.9 Å². The summed E-state index contributed by atoms with van der Waals surface area (Å²) in [7, 11) is 5.37. The van der Waals surface area contributed by atoms with Crippen molar-refractivity contribution in [1.29, 1.82) is 0 Å². The number of fused-ring (bicyclic) bond motifs is 1. The minimum atomic E-state index is -4.52. The molecule has 1 aromatic heterocycles. The average molecular weight is 487 g/mol. The quantitative estimate of drug-likeness (QED) is 0.483. The van der Waals surface area contributed by atoms with Crippen molar-refractivity contribution < 1.29 is 22.7 Å². The Kier molecular flexibility index (Phi) is 7.05. The number of anilines is 2. The first-order valence-electron chi connectivity index (χ1n) is 11.6. The summed E-state index contributed by atoms with van der Waals surface area (Å²) in [6, 6.07) is 13.3. The molecule has 3 aromatic rings. The highest BCUT2D eigenvalue weighted by Crippen LogP contribution is 2.34. The summed E-state index contributed by atoms with van der Waals surface area (Å²) in [5.74, 6) is 0.313. The van der Waals surface area contributed by atoms with Gasteiger partial charge in [0.1, 0.15) is 11.4 Å². The number of rotatable bonds is 6. The SMILES string of the molecule is COc1cc(N(C)C)ccc1C(=O)NC1CCC(Nc2cc(C(F)(F)F)nc3ccccc23)CC1. The molecule has 4 rings (SSSR count). The second-order valence-electron chi connectivity index (χ2n) is 9.02. The largest absolute Gasteiger partial charge is 0.496 e. The van der Waals surface area contributed by atoms with Crippen molar-refractivity contribution in [2.45, 2.75) is 43.9 Å². The van der Waals surface area contributed by atoms with E-state index in [9.17, 15) is 18.0 Å². The Labute approximate surface area is 202 Å². The van der Waals surface area contributed by atoms with Crippen LogP contribution in [0.1, 0.15) is 41.7 Å². The molecule has 1 saturated carbocycles. The molecule has 9 heteroatoms. The number of alkyl halides is 3. The molecule has 0 spiro atoms. The summed E-state index contributed by atoms with van der Waals surface area (Å²) >= 11 is 0. The lowest BCUT2D eigenvalue weighted by Gasteiger charge is -2.31. The number of aromatic nitrogens is 1. The molecular formula is C26H29F3N4O2. The van der Waals surface area contributed by atoms with E-state index >= 15 is 0 Å². The smallest absolute Gasteiger partial charge is 0.433 e. The van der Waals surface area contributed by atoms with Crippen molar-refractivity contribution in [3.8, 4) is 5.75 Å². The molecule has 0 bridgehead atoms. The maximum absolute atomic E-state index is 13.4. The van der Waals surface area contributed by atoms with Crippen LogP contribution in [0.25, 0.3) is 10.9 Å². The zero-order valence-corrected chi connectivity index (χ0v) is 19.9. The third-order valence-electron chi connectivity index (χ3n) is 6.37. The van der Waals surface area contributed by atoms with E-state index in [4.69, 9.17) is 4.74 Å². The van der Waals surface area contributed by atoms with Crippen molar-refractivity contribution in [2.24, 2.45) is 0 Å². The van der Waals surface area contributed by atoms with Crippen LogP contribution in [0, 0.1) is 0 Å². The second-order valence-corrected chi connectivity index (χ2v) is 9.02. The zero-order chi connectivity index (χ0) is 25.2. The molecule has 6 nitrogen and oxygen atoms in total. The van der Waals surface area contributed by atoms with Crippen LogP contribution in [-0.2, 0) is 6.18 Å². The van der Waals surface area contributed by atoms with Crippen LogP contribution in [0.15, 0.2) is 48.5 Å². The molecule has 0 unspecified atom stereocenters. The first-order chi connectivity index (χ1) is 16.7. The van der Waals surface area contributed by atoms with E-state index in [2.05, 4.69) is 15.6 Å². The molecular weight excluding hydrogens is 457 g/mol. The van der Waals surface area contributed by atoms with Gasteiger partial charge in [0, 0.05) is 49.0 Å². The standard InChI is InChI=1S/C26H29F3N4O2/c1-33(2)18-12-13-20(23(14-18)35-3)25(34)31-17-10-8-16(9-11-17)30-22-15-24(26(27,28)29)32-21-7-5-4-6-19(21)22/h4-7,12-17H,8-11H2,1-3H3,(H,30,32)(H,31,34). The number of benzene rings is 2. The minimum absolute atomic E-state index is 0.00366. The van der Waals surface area contributed by atoms with Gasteiger partial charge in [0.05, 0.1) is 18.2 Å². The maximum atomic E-state index is 13.4. The second kappa shape index (κ2) is 10.0. The van der Waals surface area contributed by atoms with Crippen LogP contribution >= 0.6 is 0 Å². The normalized spacial score (nSPS) is 18.2. The molecule has 0 saturated heterocycles. The number of carbonyl (C=O) groups excluding carboxylic acids is 1. The van der Waals surface area contributed by atoms with Gasteiger partial charge >= 0.3 is 6.18 Å². The van der Waals surface area contributed by atoms with Gasteiger partial charge < -0.3 is 20.3 Å². The van der Waals surface area contributed by atoms with Gasteiger partial charge in [0.15, 0.2) is 0 Å². The Morgan fingerprint density at radius 3 is 2.37 bits per heavy atom. The summed E-state index contributed by atoms with van der Waals surface area (Å²) < 4.78 is 45.5. The topological polar surface area (TPSA) is 66.5 Å². The van der Waals surface area contributed by atoms with Crippen molar-refractivity contribution in [1.82, 2.24) is 10.3 Å². The Balaban J connectivity index is 1.41. The Hall–Kier alpha value is -3.49. The molecule has 0 aliphatic heterocycles. The van der Waals surface area contributed by atoms with Crippen LogP contribution in [0.5, 0.6) is 5.75 Å². The molecule has 2 N–H and O–H groups in total. The van der Waals surface area contributed by atoms with E-state index in [1.54, 1.807) is 30.3 Å². The van der Waals surface area contributed by atoms with Gasteiger partial charge in [-0.2, -0.15) is 13.2 Å². The van der Waals surface area contributed by atoms with Gasteiger partial charge in [-0.1, -0.05) is 18.2 Å². The highest BCUT2D eigenvalue weighted by molar-refractivity contribution is 5.97. The fraction of sp³-hybridized carbons (Fsp3) is 0.385. The number of hydrogen-bond acceptors (Lipinski definition) is 5. The first-order valence-corrected chi connectivity index (χ1v) is 11.6. The Bertz CT molecular complexity index is 1200. The third-order valence-corrected chi connectivity index (χ3v) is 6.37. The Morgan fingerprint density at radius 2 is 1.71 bits per heavy atom. The van der Waals surface area contributed by atoms with Crippen molar-refractivity contribution in [2.75, 3.05) is 31.4 Å². The minimum Gasteiger partial charge on any atom is -0.496 e. The molecule has 1 amide bonds. The number of hydrogen-bond donors (Lipinski definition) is 2. The summed E-state index contributed by atoms with van der Waals surface area (Å²) in [5, 5.41) is 7.04. The summed E-state index contributed by atoms with van der Waals surface area (Å²) in [6.45, 7) is 0. The number of carbonyl (C=O) groups is 1. The monoisotopic (exact) mass is 486 g/mol. The highest BCUT2D eigenvalue weighted by Gasteiger charge is 2.34. The van der Waals surface area contributed by atoms with E-state index in [1.807, 2.05) is 31.1 Å².